The van der Waals surface area contributed by atoms with Crippen LogP contribution < -0.4 is 0 Å². The average molecular weight is 203 g/mol. The summed E-state index contributed by atoms with van der Waals surface area (Å²) in [6, 6.07) is -0.655. The maximum absolute atomic E-state index is 11.4. The molecule has 0 aromatic heterocycles. The maximum atomic E-state index is 11.4. The number of hydrogen-bond acceptors (Lipinski definition) is 5. The first-order chi connectivity index (χ1) is 6.52. The summed E-state index contributed by atoms with van der Waals surface area (Å²) in [4.78, 5) is 27.1. The van der Waals surface area contributed by atoms with E-state index in [9.17, 15) is 9.59 Å². The van der Waals surface area contributed by atoms with E-state index in [0.717, 1.165) is 0 Å². The fourth-order valence-electron chi connectivity index (χ4n) is 0.998. The molecule has 0 aliphatic carbocycles. The molecule has 0 amide bonds. The third kappa shape index (κ3) is 4.34. The number of nitrogens with zero attached hydrogens (tertiary/aromatic N) is 1. The van der Waals surface area contributed by atoms with Crippen LogP contribution in [0.1, 0.15) is 20.3 Å². The minimum atomic E-state index is -0.655. The smallest absolute Gasteiger partial charge is 0.326 e. The number of hydroxylamine groups is 2. The Labute approximate surface area is 83.9 Å². The summed E-state index contributed by atoms with van der Waals surface area (Å²) in [7, 11) is 3.02. The molecular formula is C9H17NO4. The van der Waals surface area contributed by atoms with E-state index in [1.165, 1.54) is 19.1 Å². The van der Waals surface area contributed by atoms with Crippen molar-refractivity contribution < 1.29 is 19.2 Å². The van der Waals surface area contributed by atoms with Gasteiger partial charge in [0.15, 0.2) is 0 Å². The molecule has 0 spiro atoms. The third-order valence-corrected chi connectivity index (χ3v) is 1.77. The Kier molecular flexibility index (Phi) is 6.07. The molecule has 0 fully saturated rings. The fraction of sp³-hybridized carbons (Fsp3) is 0.778. The lowest BCUT2D eigenvalue weighted by Gasteiger charge is -2.22. The monoisotopic (exact) mass is 203 g/mol. The number of Topliss-reactive ketones (excluding diaryl/α,β-unsaturated/α-hetero) is 1. The maximum Gasteiger partial charge on any atom is 0.326 e. The van der Waals surface area contributed by atoms with Gasteiger partial charge in [0.1, 0.15) is 11.8 Å². The molecule has 0 saturated carbocycles. The van der Waals surface area contributed by atoms with Crippen LogP contribution in [0.5, 0.6) is 0 Å². The molecule has 0 aromatic rings. The van der Waals surface area contributed by atoms with E-state index in [4.69, 9.17) is 9.57 Å². The first-order valence-corrected chi connectivity index (χ1v) is 4.45. The SMILES string of the molecule is CCOC(=O)C(CC(C)=O)N(C)OC. The van der Waals surface area contributed by atoms with Crippen LogP contribution in [0.2, 0.25) is 0 Å². The Morgan fingerprint density at radius 3 is 2.36 bits per heavy atom. The van der Waals surface area contributed by atoms with E-state index in [-0.39, 0.29) is 12.2 Å². The van der Waals surface area contributed by atoms with Gasteiger partial charge in [-0.3, -0.25) is 9.59 Å². The number of carbonyl (C=O) groups excluding carboxylic acids is 2. The normalized spacial score (nSPS) is 12.6. The highest BCUT2D eigenvalue weighted by atomic mass is 16.7. The highest BCUT2D eigenvalue weighted by Gasteiger charge is 2.26. The van der Waals surface area contributed by atoms with Crippen molar-refractivity contribution in [2.24, 2.45) is 0 Å². The molecule has 14 heavy (non-hydrogen) atoms. The average Bonchev–Trinajstić information content (AvgIpc) is 2.13. The zero-order valence-electron chi connectivity index (χ0n) is 9.07. The van der Waals surface area contributed by atoms with Crippen LogP contribution in [0.4, 0.5) is 0 Å². The van der Waals surface area contributed by atoms with Crippen LogP contribution >= 0.6 is 0 Å². The molecule has 0 aliphatic heterocycles. The van der Waals surface area contributed by atoms with E-state index in [1.807, 2.05) is 0 Å². The molecule has 0 bridgehead atoms. The van der Waals surface area contributed by atoms with Gasteiger partial charge in [-0.2, -0.15) is 5.06 Å². The second kappa shape index (κ2) is 6.50. The number of ether oxygens (including phenoxy) is 1. The molecule has 0 aromatic carbocycles. The molecular weight excluding hydrogens is 186 g/mol. The minimum Gasteiger partial charge on any atom is -0.465 e. The number of likely N-dealkylation sites (N-methyl/N-ethyl adjacent to an activating group) is 1. The van der Waals surface area contributed by atoms with Crippen molar-refractivity contribution in [1.82, 2.24) is 5.06 Å². The van der Waals surface area contributed by atoms with Crippen molar-refractivity contribution in [2.45, 2.75) is 26.3 Å². The van der Waals surface area contributed by atoms with Gasteiger partial charge in [-0.25, -0.2) is 0 Å². The van der Waals surface area contributed by atoms with E-state index >= 15 is 0 Å². The predicted molar refractivity (Wildman–Crippen MR) is 50.5 cm³/mol. The molecule has 0 N–H and O–H groups in total. The van der Waals surface area contributed by atoms with Crippen molar-refractivity contribution in [3.63, 3.8) is 0 Å². The lowest BCUT2D eigenvalue weighted by molar-refractivity contribution is -0.180. The molecule has 0 radical (unpaired) electrons. The molecule has 0 rings (SSSR count). The standard InChI is InChI=1S/C9H17NO4/c1-5-14-9(12)8(6-7(2)11)10(3)13-4/h8H,5-6H2,1-4H3. The molecule has 1 atom stereocenters. The van der Waals surface area contributed by atoms with Crippen molar-refractivity contribution in [3.05, 3.63) is 0 Å². The summed E-state index contributed by atoms with van der Waals surface area (Å²) in [5.74, 6) is -0.515. The molecule has 0 saturated heterocycles. The van der Waals surface area contributed by atoms with E-state index < -0.39 is 12.0 Å². The van der Waals surface area contributed by atoms with Gasteiger partial charge >= 0.3 is 5.97 Å². The molecule has 5 nitrogen and oxygen atoms in total. The van der Waals surface area contributed by atoms with Gasteiger partial charge in [-0.1, -0.05) is 0 Å². The largest absolute Gasteiger partial charge is 0.465 e. The van der Waals surface area contributed by atoms with Crippen LogP contribution in [0.25, 0.3) is 0 Å². The van der Waals surface area contributed by atoms with Crippen molar-refractivity contribution >= 4 is 11.8 Å². The third-order valence-electron chi connectivity index (χ3n) is 1.77. The number of rotatable bonds is 6. The van der Waals surface area contributed by atoms with Crippen molar-refractivity contribution in [2.75, 3.05) is 20.8 Å². The lowest BCUT2D eigenvalue weighted by atomic mass is 10.1. The molecule has 1 unspecified atom stereocenters. The summed E-state index contributed by atoms with van der Waals surface area (Å²) in [6.07, 6.45) is 0.100. The van der Waals surface area contributed by atoms with Gasteiger partial charge in [0.05, 0.1) is 13.7 Å². The Hall–Kier alpha value is -0.940. The van der Waals surface area contributed by atoms with E-state index in [0.29, 0.717) is 6.61 Å². The Bertz CT molecular complexity index is 205. The van der Waals surface area contributed by atoms with Crippen LogP contribution in [0.15, 0.2) is 0 Å². The quantitative estimate of drug-likeness (QED) is 0.461. The van der Waals surface area contributed by atoms with E-state index in [2.05, 4.69) is 0 Å². The second-order valence-electron chi connectivity index (χ2n) is 2.90. The molecule has 82 valence electrons. The summed E-state index contributed by atoms with van der Waals surface area (Å²) in [5.41, 5.74) is 0. The van der Waals surface area contributed by atoms with Gasteiger partial charge in [0.2, 0.25) is 0 Å². The predicted octanol–water partition coefficient (Wildman–Crippen LogP) is 0.390. The number of hydrogen-bond donors (Lipinski definition) is 0. The summed E-state index contributed by atoms with van der Waals surface area (Å²) < 4.78 is 4.82. The van der Waals surface area contributed by atoms with Crippen LogP contribution in [-0.2, 0) is 19.2 Å². The zero-order valence-corrected chi connectivity index (χ0v) is 9.07. The van der Waals surface area contributed by atoms with Crippen molar-refractivity contribution in [3.8, 4) is 0 Å². The molecule has 0 aliphatic rings. The molecule has 0 heterocycles. The van der Waals surface area contributed by atoms with Gasteiger partial charge < -0.3 is 9.57 Å². The Balaban J connectivity index is 4.37. The van der Waals surface area contributed by atoms with Crippen LogP contribution in [0, 0.1) is 0 Å². The highest BCUT2D eigenvalue weighted by molar-refractivity contribution is 5.84. The first kappa shape index (κ1) is 13.1. The van der Waals surface area contributed by atoms with E-state index in [1.54, 1.807) is 14.0 Å². The number of ketones is 1. The summed E-state index contributed by atoms with van der Waals surface area (Å²) in [5, 5.41) is 1.32. The molecule has 5 heteroatoms. The number of esters is 1. The topological polar surface area (TPSA) is 55.8 Å². The van der Waals surface area contributed by atoms with Crippen molar-refractivity contribution in [1.29, 1.82) is 0 Å². The minimum absolute atomic E-state index is 0.0769. The van der Waals surface area contributed by atoms with Gasteiger partial charge in [-0.15, -0.1) is 0 Å². The second-order valence-corrected chi connectivity index (χ2v) is 2.90. The first-order valence-electron chi connectivity index (χ1n) is 4.45. The zero-order chi connectivity index (χ0) is 11.1. The number of carbonyl (C=O) groups is 2. The Morgan fingerprint density at radius 2 is 2.00 bits per heavy atom. The van der Waals surface area contributed by atoms with Gasteiger partial charge in [0, 0.05) is 13.5 Å². The summed E-state index contributed by atoms with van der Waals surface area (Å²) >= 11 is 0. The van der Waals surface area contributed by atoms with Crippen LogP contribution in [-0.4, -0.2) is 43.6 Å². The Morgan fingerprint density at radius 1 is 1.43 bits per heavy atom. The highest BCUT2D eigenvalue weighted by Crippen LogP contribution is 2.05. The van der Waals surface area contributed by atoms with Gasteiger partial charge in [-0.05, 0) is 13.8 Å². The lowest BCUT2D eigenvalue weighted by Crippen LogP contribution is -2.40. The summed E-state index contributed by atoms with van der Waals surface area (Å²) in [6.45, 7) is 3.44. The van der Waals surface area contributed by atoms with Gasteiger partial charge in [0.25, 0.3) is 0 Å². The fourth-order valence-corrected chi connectivity index (χ4v) is 0.998. The van der Waals surface area contributed by atoms with Crippen LogP contribution in [0.3, 0.4) is 0 Å².